The number of methoxy groups -OCH3 is 1. The van der Waals surface area contributed by atoms with Gasteiger partial charge >= 0.3 is 0 Å². The Balaban J connectivity index is 1.59. The molecule has 7 nitrogen and oxygen atoms in total. The van der Waals surface area contributed by atoms with Gasteiger partial charge in [-0.15, -0.1) is 0 Å². The van der Waals surface area contributed by atoms with E-state index in [0.717, 1.165) is 49.6 Å². The lowest BCUT2D eigenvalue weighted by molar-refractivity contribution is -0.123. The normalized spacial score (nSPS) is 15.8. The van der Waals surface area contributed by atoms with Gasteiger partial charge in [0.15, 0.2) is 0 Å². The fraction of sp³-hybridized carbons (Fsp3) is 0.583. The van der Waals surface area contributed by atoms with Crippen molar-refractivity contribution in [3.63, 3.8) is 0 Å². The van der Waals surface area contributed by atoms with E-state index >= 15 is 0 Å². The summed E-state index contributed by atoms with van der Waals surface area (Å²) in [6.45, 7) is 11.9. The highest BCUT2D eigenvalue weighted by Gasteiger charge is 2.26. The third kappa shape index (κ3) is 6.08. The maximum Gasteiger partial charge on any atom is 0.230 e. The number of ether oxygens (including phenoxy) is 2. The predicted octanol–water partition coefficient (Wildman–Crippen LogP) is 4.25. The average molecular weight is 429 g/mol. The van der Waals surface area contributed by atoms with Gasteiger partial charge < -0.3 is 14.8 Å². The van der Waals surface area contributed by atoms with Crippen LogP contribution in [0.4, 0.5) is 5.82 Å². The Bertz CT molecular complexity index is 864. The van der Waals surface area contributed by atoms with E-state index in [2.05, 4.69) is 27.4 Å². The zero-order valence-corrected chi connectivity index (χ0v) is 19.5. The van der Waals surface area contributed by atoms with Crippen molar-refractivity contribution in [2.75, 3.05) is 32.1 Å². The Kier molecular flexibility index (Phi) is 7.73. The molecule has 3 rings (SSSR count). The largest absolute Gasteiger partial charge is 0.496 e. The van der Waals surface area contributed by atoms with Gasteiger partial charge in [0.2, 0.25) is 5.91 Å². The molecular formula is C24H36N4O3. The first kappa shape index (κ1) is 23.3. The molecule has 170 valence electrons. The molecule has 1 fully saturated rings. The van der Waals surface area contributed by atoms with Crippen LogP contribution in [0.3, 0.4) is 0 Å². The third-order valence-electron chi connectivity index (χ3n) is 5.71. The number of hydrogen-bond donors (Lipinski definition) is 1. The average Bonchev–Trinajstić information content (AvgIpc) is 3.20. The second-order valence-electron chi connectivity index (χ2n) is 9.16. The summed E-state index contributed by atoms with van der Waals surface area (Å²) in [4.78, 5) is 14.9. The van der Waals surface area contributed by atoms with Crippen LogP contribution in [-0.2, 0) is 22.7 Å². The molecule has 1 saturated heterocycles. The van der Waals surface area contributed by atoms with Gasteiger partial charge in [0.25, 0.3) is 0 Å². The maximum absolute atomic E-state index is 12.4. The minimum absolute atomic E-state index is 0.00838. The van der Waals surface area contributed by atoms with E-state index in [0.29, 0.717) is 19.3 Å². The lowest BCUT2D eigenvalue weighted by Crippen LogP contribution is -2.35. The SMILES string of the molecule is CCOCc1cc(CN2CCC(n3nccc3NC(=O)C(C)(C)C)CC2)ccc1OC. The van der Waals surface area contributed by atoms with Crippen LogP contribution < -0.4 is 10.1 Å². The molecule has 0 bridgehead atoms. The molecule has 1 aliphatic rings. The molecule has 0 radical (unpaired) electrons. The molecule has 1 aliphatic heterocycles. The van der Waals surface area contributed by atoms with Gasteiger partial charge in [0, 0.05) is 43.3 Å². The number of carbonyl (C=O) groups excluding carboxylic acids is 1. The van der Waals surface area contributed by atoms with E-state index in [9.17, 15) is 4.79 Å². The van der Waals surface area contributed by atoms with Gasteiger partial charge in [-0.2, -0.15) is 5.10 Å². The van der Waals surface area contributed by atoms with Crippen LogP contribution in [0.15, 0.2) is 30.5 Å². The Hall–Kier alpha value is -2.38. The highest BCUT2D eigenvalue weighted by Crippen LogP contribution is 2.28. The number of rotatable bonds is 8. The molecule has 0 spiro atoms. The van der Waals surface area contributed by atoms with Crippen LogP contribution in [0.5, 0.6) is 5.75 Å². The molecule has 0 saturated carbocycles. The van der Waals surface area contributed by atoms with Crippen LogP contribution in [0.25, 0.3) is 0 Å². The van der Waals surface area contributed by atoms with Crippen LogP contribution in [-0.4, -0.2) is 47.4 Å². The monoisotopic (exact) mass is 428 g/mol. The van der Waals surface area contributed by atoms with E-state index in [1.165, 1.54) is 5.56 Å². The van der Waals surface area contributed by atoms with Crippen molar-refractivity contribution in [3.05, 3.63) is 41.6 Å². The molecule has 1 aromatic carbocycles. The minimum atomic E-state index is -0.433. The number of benzene rings is 1. The first-order chi connectivity index (χ1) is 14.8. The fourth-order valence-corrected chi connectivity index (χ4v) is 3.84. The lowest BCUT2D eigenvalue weighted by atomic mass is 9.96. The number of hydrogen-bond acceptors (Lipinski definition) is 5. The molecule has 0 atom stereocenters. The highest BCUT2D eigenvalue weighted by atomic mass is 16.5. The van der Waals surface area contributed by atoms with E-state index < -0.39 is 5.41 Å². The number of anilines is 1. The summed E-state index contributed by atoms with van der Waals surface area (Å²) >= 11 is 0. The summed E-state index contributed by atoms with van der Waals surface area (Å²) < 4.78 is 13.0. The maximum atomic E-state index is 12.4. The number of aromatic nitrogens is 2. The molecule has 7 heteroatoms. The van der Waals surface area contributed by atoms with Gasteiger partial charge in [-0.25, -0.2) is 4.68 Å². The van der Waals surface area contributed by atoms with Crippen LogP contribution in [0.2, 0.25) is 0 Å². The molecular weight excluding hydrogens is 392 g/mol. The van der Waals surface area contributed by atoms with Gasteiger partial charge in [-0.3, -0.25) is 9.69 Å². The van der Waals surface area contributed by atoms with Crippen molar-refractivity contribution in [2.45, 2.75) is 59.7 Å². The fourth-order valence-electron chi connectivity index (χ4n) is 3.84. The van der Waals surface area contributed by atoms with Gasteiger partial charge in [-0.05, 0) is 37.5 Å². The molecule has 31 heavy (non-hydrogen) atoms. The minimum Gasteiger partial charge on any atom is -0.496 e. The van der Waals surface area contributed by atoms with Crippen molar-refractivity contribution >= 4 is 11.7 Å². The summed E-state index contributed by atoms with van der Waals surface area (Å²) in [5.74, 6) is 1.67. The molecule has 1 amide bonds. The summed E-state index contributed by atoms with van der Waals surface area (Å²) in [6, 6.07) is 8.53. The molecule has 1 aromatic heterocycles. The van der Waals surface area contributed by atoms with Crippen LogP contribution in [0, 0.1) is 5.41 Å². The van der Waals surface area contributed by atoms with Crippen LogP contribution >= 0.6 is 0 Å². The van der Waals surface area contributed by atoms with E-state index in [1.807, 2.05) is 44.5 Å². The number of piperidine rings is 1. The van der Waals surface area contributed by atoms with E-state index in [4.69, 9.17) is 9.47 Å². The van der Waals surface area contributed by atoms with Crippen molar-refractivity contribution < 1.29 is 14.3 Å². The van der Waals surface area contributed by atoms with Crippen molar-refractivity contribution in [1.29, 1.82) is 0 Å². The third-order valence-corrected chi connectivity index (χ3v) is 5.71. The summed E-state index contributed by atoms with van der Waals surface area (Å²) in [7, 11) is 1.70. The Morgan fingerprint density at radius 2 is 1.97 bits per heavy atom. The van der Waals surface area contributed by atoms with Crippen molar-refractivity contribution in [2.24, 2.45) is 5.41 Å². The number of nitrogens with one attached hydrogen (secondary N) is 1. The zero-order valence-electron chi connectivity index (χ0n) is 19.5. The van der Waals surface area contributed by atoms with E-state index in [1.54, 1.807) is 13.3 Å². The van der Waals surface area contributed by atoms with Crippen LogP contribution in [0.1, 0.15) is 57.7 Å². The number of amides is 1. The second-order valence-corrected chi connectivity index (χ2v) is 9.16. The quantitative estimate of drug-likeness (QED) is 0.681. The summed E-state index contributed by atoms with van der Waals surface area (Å²) in [5.41, 5.74) is 1.93. The topological polar surface area (TPSA) is 68.6 Å². The van der Waals surface area contributed by atoms with Crippen molar-refractivity contribution in [3.8, 4) is 5.75 Å². The predicted molar refractivity (Wildman–Crippen MR) is 122 cm³/mol. The van der Waals surface area contributed by atoms with Gasteiger partial charge in [0.05, 0.1) is 26.0 Å². The Labute approximate surface area is 185 Å². The van der Waals surface area contributed by atoms with Gasteiger partial charge in [-0.1, -0.05) is 26.8 Å². The van der Waals surface area contributed by atoms with Crippen molar-refractivity contribution in [1.82, 2.24) is 14.7 Å². The van der Waals surface area contributed by atoms with Gasteiger partial charge in [0.1, 0.15) is 11.6 Å². The number of nitrogens with zero attached hydrogens (tertiary/aromatic N) is 3. The number of likely N-dealkylation sites (tertiary alicyclic amines) is 1. The second kappa shape index (κ2) is 10.3. The molecule has 2 heterocycles. The zero-order chi connectivity index (χ0) is 22.4. The smallest absolute Gasteiger partial charge is 0.230 e. The molecule has 2 aromatic rings. The lowest BCUT2D eigenvalue weighted by Gasteiger charge is -2.33. The molecule has 0 unspecified atom stereocenters. The number of carbonyl (C=O) groups is 1. The Morgan fingerprint density at radius 1 is 1.23 bits per heavy atom. The summed E-state index contributed by atoms with van der Waals surface area (Å²) in [6.07, 6.45) is 3.77. The first-order valence-corrected chi connectivity index (χ1v) is 11.1. The van der Waals surface area contributed by atoms with E-state index in [-0.39, 0.29) is 5.91 Å². The molecule has 1 N–H and O–H groups in total. The Morgan fingerprint density at radius 3 is 2.61 bits per heavy atom. The molecule has 0 aliphatic carbocycles. The standard InChI is InChI=1S/C24H36N4O3/c1-6-31-17-19-15-18(7-8-21(19)30-5)16-27-13-10-20(11-14-27)28-22(9-12-25-28)26-23(29)24(2,3)4/h7-9,12,15,20H,6,10-11,13-14,16-17H2,1-5H3,(H,26,29). The first-order valence-electron chi connectivity index (χ1n) is 11.1. The highest BCUT2D eigenvalue weighted by molar-refractivity contribution is 5.93. The summed E-state index contributed by atoms with van der Waals surface area (Å²) in [5, 5.41) is 7.54.